The Kier molecular flexibility index (Phi) is 7.33. The van der Waals surface area contributed by atoms with Crippen LogP contribution in [0, 0.1) is 0 Å². The first-order valence-corrected chi connectivity index (χ1v) is 12.8. The van der Waals surface area contributed by atoms with Gasteiger partial charge in [0.05, 0.1) is 15.7 Å². The molecule has 0 bridgehead atoms. The van der Waals surface area contributed by atoms with Crippen LogP contribution < -0.4 is 0 Å². The van der Waals surface area contributed by atoms with Crippen molar-refractivity contribution >= 4 is 32.6 Å². The van der Waals surface area contributed by atoms with Crippen LogP contribution in [-0.2, 0) is 5.54 Å². The second-order valence-electron chi connectivity index (χ2n) is 8.63. The molecule has 0 fully saturated rings. The maximum Gasteiger partial charge on any atom is 0.122 e. The molecule has 1 unspecified atom stereocenters. The largest absolute Gasteiger partial charge is 0.239 e. The van der Waals surface area contributed by atoms with Crippen molar-refractivity contribution in [1.29, 1.82) is 0 Å². The molecule has 0 saturated heterocycles. The summed E-state index contributed by atoms with van der Waals surface area (Å²) in [5.74, 6) is 0. The van der Waals surface area contributed by atoms with Crippen LogP contribution in [0.1, 0.15) is 83.1 Å². The predicted octanol–water partition coefficient (Wildman–Crippen LogP) is 7.73. The van der Waals surface area contributed by atoms with Crippen molar-refractivity contribution in [2.75, 3.05) is 0 Å². The summed E-state index contributed by atoms with van der Waals surface area (Å²) < 4.78 is 3.47. The van der Waals surface area contributed by atoms with Crippen molar-refractivity contribution in [1.82, 2.24) is 20.0 Å². The molecule has 0 spiro atoms. The number of hydrogen-bond donors (Lipinski definition) is 0. The van der Waals surface area contributed by atoms with Gasteiger partial charge in [-0.3, -0.25) is 0 Å². The Hall–Kier alpha value is -2.27. The molecule has 0 N–H and O–H groups in total. The van der Waals surface area contributed by atoms with E-state index >= 15 is 0 Å². The highest BCUT2D eigenvalue weighted by atomic mass is 32.1. The summed E-state index contributed by atoms with van der Waals surface area (Å²) in [5, 5.41) is 10.4. The lowest BCUT2D eigenvalue weighted by Gasteiger charge is -2.33. The average Bonchev–Trinajstić information content (AvgIpc) is 3.43. The third-order valence-corrected chi connectivity index (χ3v) is 7.57. The summed E-state index contributed by atoms with van der Waals surface area (Å²) in [5.41, 5.74) is 2.94. The van der Waals surface area contributed by atoms with E-state index in [-0.39, 0.29) is 5.54 Å². The molecule has 0 aliphatic rings. The Balaban J connectivity index is 1.76. The molecule has 164 valence electrons. The number of thiazole rings is 1. The molecule has 0 saturated carbocycles. The SMILES string of the molecule is CCCCCCCCC(CCCC)(c1nc2ccccc2s1)n1nnc2ccccc21. The number of benzene rings is 2. The first-order valence-electron chi connectivity index (χ1n) is 12.0. The summed E-state index contributed by atoms with van der Waals surface area (Å²) >= 11 is 1.83. The molecule has 31 heavy (non-hydrogen) atoms. The zero-order valence-corrected chi connectivity index (χ0v) is 19.7. The van der Waals surface area contributed by atoms with Gasteiger partial charge in [-0.1, -0.05) is 94.7 Å². The average molecular weight is 435 g/mol. The number of fused-ring (bicyclic) bond motifs is 2. The van der Waals surface area contributed by atoms with E-state index < -0.39 is 0 Å². The highest BCUT2D eigenvalue weighted by Crippen LogP contribution is 2.42. The van der Waals surface area contributed by atoms with Crippen molar-refractivity contribution in [3.8, 4) is 0 Å². The van der Waals surface area contributed by atoms with E-state index in [4.69, 9.17) is 10.2 Å². The molecule has 2 aromatic carbocycles. The normalized spacial score (nSPS) is 13.7. The first kappa shape index (κ1) is 21.9. The van der Waals surface area contributed by atoms with Crippen LogP contribution in [0.4, 0.5) is 0 Å². The van der Waals surface area contributed by atoms with Crippen LogP contribution in [0.5, 0.6) is 0 Å². The number of unbranched alkanes of at least 4 members (excludes halogenated alkanes) is 6. The first-order chi connectivity index (χ1) is 15.3. The van der Waals surface area contributed by atoms with E-state index in [2.05, 4.69) is 66.1 Å². The topological polar surface area (TPSA) is 43.6 Å². The quantitative estimate of drug-likeness (QED) is 0.214. The van der Waals surface area contributed by atoms with Gasteiger partial charge in [-0.2, -0.15) is 0 Å². The number of para-hydroxylation sites is 2. The Morgan fingerprint density at radius 1 is 0.774 bits per heavy atom. The van der Waals surface area contributed by atoms with Crippen LogP contribution in [0.15, 0.2) is 48.5 Å². The lowest BCUT2D eigenvalue weighted by Crippen LogP contribution is -2.36. The van der Waals surface area contributed by atoms with Gasteiger partial charge in [0.2, 0.25) is 0 Å². The van der Waals surface area contributed by atoms with Gasteiger partial charge < -0.3 is 0 Å². The van der Waals surface area contributed by atoms with Crippen molar-refractivity contribution in [2.45, 2.75) is 83.6 Å². The molecule has 2 heterocycles. The second-order valence-corrected chi connectivity index (χ2v) is 9.66. The van der Waals surface area contributed by atoms with E-state index in [1.54, 1.807) is 0 Å². The molecule has 0 aliphatic heterocycles. The number of nitrogens with zero attached hydrogens (tertiary/aromatic N) is 4. The molecule has 0 radical (unpaired) electrons. The van der Waals surface area contributed by atoms with E-state index in [1.807, 2.05) is 17.4 Å². The molecule has 4 rings (SSSR count). The summed E-state index contributed by atoms with van der Waals surface area (Å²) in [6.07, 6.45) is 12.2. The third-order valence-electron chi connectivity index (χ3n) is 6.34. The Labute approximate surface area is 189 Å². The van der Waals surface area contributed by atoms with Gasteiger partial charge in [-0.05, 0) is 37.1 Å². The maximum atomic E-state index is 5.16. The molecular formula is C26H34N4S. The minimum absolute atomic E-state index is 0.236. The molecular weight excluding hydrogens is 400 g/mol. The molecule has 4 nitrogen and oxygen atoms in total. The minimum Gasteiger partial charge on any atom is -0.239 e. The van der Waals surface area contributed by atoms with E-state index in [1.165, 1.54) is 48.2 Å². The smallest absolute Gasteiger partial charge is 0.122 e. The van der Waals surface area contributed by atoms with Crippen LogP contribution >= 0.6 is 11.3 Å². The van der Waals surface area contributed by atoms with Crippen LogP contribution in [0.25, 0.3) is 21.3 Å². The molecule has 1 atom stereocenters. The summed E-state index contributed by atoms with van der Waals surface area (Å²) in [6, 6.07) is 16.9. The van der Waals surface area contributed by atoms with Gasteiger partial charge in [-0.25, -0.2) is 9.67 Å². The van der Waals surface area contributed by atoms with Gasteiger partial charge in [0.15, 0.2) is 0 Å². The van der Waals surface area contributed by atoms with E-state index in [9.17, 15) is 0 Å². The van der Waals surface area contributed by atoms with Crippen molar-refractivity contribution in [3.63, 3.8) is 0 Å². The highest BCUT2D eigenvalue weighted by molar-refractivity contribution is 7.18. The van der Waals surface area contributed by atoms with Gasteiger partial charge in [0.1, 0.15) is 16.1 Å². The van der Waals surface area contributed by atoms with E-state index in [0.717, 1.165) is 42.2 Å². The lowest BCUT2D eigenvalue weighted by atomic mass is 9.86. The van der Waals surface area contributed by atoms with Gasteiger partial charge in [-0.15, -0.1) is 16.4 Å². The second kappa shape index (κ2) is 10.4. The Morgan fingerprint density at radius 2 is 1.45 bits per heavy atom. The van der Waals surface area contributed by atoms with Crippen LogP contribution in [-0.4, -0.2) is 20.0 Å². The maximum absolute atomic E-state index is 5.16. The van der Waals surface area contributed by atoms with Crippen LogP contribution in [0.3, 0.4) is 0 Å². The van der Waals surface area contributed by atoms with Crippen LogP contribution in [0.2, 0.25) is 0 Å². The number of aromatic nitrogens is 4. The molecule has 5 heteroatoms. The van der Waals surface area contributed by atoms with Crippen molar-refractivity contribution in [3.05, 3.63) is 53.5 Å². The fraction of sp³-hybridized carbons (Fsp3) is 0.500. The molecule has 0 aliphatic carbocycles. The monoisotopic (exact) mass is 434 g/mol. The minimum atomic E-state index is -0.236. The van der Waals surface area contributed by atoms with Crippen molar-refractivity contribution in [2.24, 2.45) is 0 Å². The zero-order valence-electron chi connectivity index (χ0n) is 18.9. The lowest BCUT2D eigenvalue weighted by molar-refractivity contribution is 0.260. The molecule has 0 amide bonds. The summed E-state index contributed by atoms with van der Waals surface area (Å²) in [6.45, 7) is 4.55. The molecule has 2 aromatic heterocycles. The van der Waals surface area contributed by atoms with E-state index in [0.29, 0.717) is 0 Å². The third kappa shape index (κ3) is 4.67. The standard InChI is InChI=1S/C26H34N4S/c1-3-5-7-8-9-14-20-26(19-6-4-2,25-27-22-16-11-13-18-24(22)31-25)30-23-17-12-10-15-21(23)28-29-30/h10-13,15-18H,3-9,14,19-20H2,1-2H3. The predicted molar refractivity (Wildman–Crippen MR) is 132 cm³/mol. The van der Waals surface area contributed by atoms with Gasteiger partial charge in [0.25, 0.3) is 0 Å². The fourth-order valence-corrected chi connectivity index (χ4v) is 5.76. The fourth-order valence-electron chi connectivity index (χ4n) is 4.56. The number of rotatable bonds is 12. The number of hydrogen-bond acceptors (Lipinski definition) is 4. The molecule has 4 aromatic rings. The Morgan fingerprint density at radius 3 is 2.26 bits per heavy atom. The van der Waals surface area contributed by atoms with Gasteiger partial charge in [0, 0.05) is 0 Å². The van der Waals surface area contributed by atoms with Gasteiger partial charge >= 0.3 is 0 Å². The Bertz CT molecular complexity index is 1070. The van der Waals surface area contributed by atoms with Crippen molar-refractivity contribution < 1.29 is 0 Å². The summed E-state index contributed by atoms with van der Waals surface area (Å²) in [7, 11) is 0. The zero-order chi connectivity index (χ0) is 21.5. The summed E-state index contributed by atoms with van der Waals surface area (Å²) in [4.78, 5) is 5.16. The highest BCUT2D eigenvalue weighted by Gasteiger charge is 2.39.